The third kappa shape index (κ3) is 2.21. The smallest absolute Gasteiger partial charge is 0.277 e. The number of rotatable bonds is 2. The zero-order chi connectivity index (χ0) is 14.4. The first-order valence-corrected chi connectivity index (χ1v) is 6.07. The number of aliphatic hydroxyl groups excluding tert-OH is 1. The first-order valence-electron chi connectivity index (χ1n) is 5.70. The van der Waals surface area contributed by atoms with Crippen molar-refractivity contribution in [3.05, 3.63) is 22.6 Å². The van der Waals surface area contributed by atoms with Gasteiger partial charge in [0, 0.05) is 11.5 Å². The molecule has 0 aliphatic carbocycles. The predicted octanol–water partition coefficient (Wildman–Crippen LogP) is 1.73. The summed E-state index contributed by atoms with van der Waals surface area (Å²) in [6.07, 6.45) is -1.29. The van der Waals surface area contributed by atoms with Gasteiger partial charge in [0.15, 0.2) is 17.8 Å². The monoisotopic (exact) mass is 286 g/mol. The van der Waals surface area contributed by atoms with Crippen molar-refractivity contribution in [3.8, 4) is 0 Å². The zero-order valence-corrected chi connectivity index (χ0v) is 11.9. The maximum absolute atomic E-state index is 12.0. The lowest BCUT2D eigenvalue weighted by atomic mass is 9.93. The number of methoxy groups -OCH3 is 1. The van der Waals surface area contributed by atoms with Crippen LogP contribution in [0.3, 0.4) is 0 Å². The molecule has 1 aromatic heterocycles. The second-order valence-electron chi connectivity index (χ2n) is 5.23. The summed E-state index contributed by atoms with van der Waals surface area (Å²) >= 11 is 5.81. The minimum Gasteiger partial charge on any atom is -0.495 e. The van der Waals surface area contributed by atoms with E-state index in [1.807, 2.05) is 20.8 Å². The maximum Gasteiger partial charge on any atom is 0.277 e. The third-order valence-corrected chi connectivity index (χ3v) is 3.15. The normalized spacial score (nSPS) is 20.4. The number of ether oxygens (including phenoxy) is 1. The molecule has 2 rings (SSSR count). The zero-order valence-electron chi connectivity index (χ0n) is 11.1. The van der Waals surface area contributed by atoms with Gasteiger partial charge in [0.05, 0.1) is 7.11 Å². The number of aliphatic hydroxyl groups is 1. The largest absolute Gasteiger partial charge is 0.495 e. The summed E-state index contributed by atoms with van der Waals surface area (Å²) in [6.45, 7) is 5.85. The second kappa shape index (κ2) is 4.54. The maximum atomic E-state index is 12.0. The summed E-state index contributed by atoms with van der Waals surface area (Å²) in [7, 11) is 1.33. The quantitative estimate of drug-likeness (QED) is 0.896. The van der Waals surface area contributed by atoms with E-state index in [2.05, 4.69) is 5.16 Å². The van der Waals surface area contributed by atoms with Crippen molar-refractivity contribution in [2.45, 2.75) is 32.4 Å². The van der Waals surface area contributed by atoms with Gasteiger partial charge >= 0.3 is 0 Å². The number of hydrogen-bond acceptors (Lipinski definition) is 5. The predicted molar refractivity (Wildman–Crippen MR) is 68.6 cm³/mol. The fraction of sp³-hybridized carbons (Fsp3) is 0.500. The van der Waals surface area contributed by atoms with Crippen molar-refractivity contribution in [1.29, 1.82) is 0 Å². The van der Waals surface area contributed by atoms with E-state index in [4.69, 9.17) is 20.9 Å². The summed E-state index contributed by atoms with van der Waals surface area (Å²) in [4.78, 5) is 13.0. The Balaban J connectivity index is 2.35. The summed E-state index contributed by atoms with van der Waals surface area (Å²) in [5.74, 6) is 0.240. The van der Waals surface area contributed by atoms with E-state index < -0.39 is 12.1 Å². The highest BCUT2D eigenvalue weighted by Gasteiger charge is 2.41. The lowest BCUT2D eigenvalue weighted by Gasteiger charge is -2.18. The van der Waals surface area contributed by atoms with Crippen LogP contribution in [0.4, 0.5) is 5.82 Å². The van der Waals surface area contributed by atoms with E-state index in [9.17, 15) is 9.90 Å². The fourth-order valence-electron chi connectivity index (χ4n) is 1.71. The molecule has 0 bridgehead atoms. The van der Waals surface area contributed by atoms with Gasteiger partial charge in [-0.3, -0.25) is 9.69 Å². The lowest BCUT2D eigenvalue weighted by Crippen LogP contribution is -2.35. The number of anilines is 1. The summed E-state index contributed by atoms with van der Waals surface area (Å²) in [5.41, 5.74) is -0.250. The molecule has 6 nitrogen and oxygen atoms in total. The minimum atomic E-state index is -1.29. The standard InChI is InChI=1S/C12H15ClN2O4/c1-12(2,3)6-5-7(14-19-6)15-10(16)8(13)9(18-4)11(15)17/h5,11,17H,1-4H3. The highest BCUT2D eigenvalue weighted by molar-refractivity contribution is 6.45. The fourth-order valence-corrected chi connectivity index (χ4v) is 1.98. The van der Waals surface area contributed by atoms with Crippen LogP contribution in [0.15, 0.2) is 21.4 Å². The number of halogens is 1. The SMILES string of the molecule is COC1=C(Cl)C(=O)N(c2cc(C(C)(C)C)on2)C1O. The number of nitrogens with zero attached hydrogens (tertiary/aromatic N) is 2. The van der Waals surface area contributed by atoms with Crippen molar-refractivity contribution in [3.63, 3.8) is 0 Å². The van der Waals surface area contributed by atoms with Gasteiger partial charge in [-0.05, 0) is 0 Å². The Morgan fingerprint density at radius 1 is 1.53 bits per heavy atom. The Labute approximate surface area is 115 Å². The number of aromatic nitrogens is 1. The van der Waals surface area contributed by atoms with E-state index in [0.717, 1.165) is 4.90 Å². The van der Waals surface area contributed by atoms with Crippen LogP contribution in [-0.4, -0.2) is 29.5 Å². The van der Waals surface area contributed by atoms with Crippen molar-refractivity contribution >= 4 is 23.3 Å². The molecule has 1 aromatic rings. The van der Waals surface area contributed by atoms with E-state index in [0.29, 0.717) is 5.76 Å². The van der Waals surface area contributed by atoms with Crippen molar-refractivity contribution in [1.82, 2.24) is 5.16 Å². The van der Waals surface area contributed by atoms with Gasteiger partial charge in [0.25, 0.3) is 5.91 Å². The highest BCUT2D eigenvalue weighted by Crippen LogP contribution is 2.33. The first kappa shape index (κ1) is 13.9. The molecule has 104 valence electrons. The van der Waals surface area contributed by atoms with Crippen LogP contribution in [0.2, 0.25) is 0 Å². The van der Waals surface area contributed by atoms with Gasteiger partial charge < -0.3 is 14.4 Å². The molecule has 0 radical (unpaired) electrons. The third-order valence-electron chi connectivity index (χ3n) is 2.81. The highest BCUT2D eigenvalue weighted by atomic mass is 35.5. The van der Waals surface area contributed by atoms with Gasteiger partial charge in [-0.2, -0.15) is 0 Å². The van der Waals surface area contributed by atoms with Gasteiger partial charge in [0.1, 0.15) is 10.8 Å². The minimum absolute atomic E-state index is 0.00646. The van der Waals surface area contributed by atoms with Crippen molar-refractivity contribution in [2.75, 3.05) is 12.0 Å². The van der Waals surface area contributed by atoms with Crippen LogP contribution in [0.25, 0.3) is 0 Å². The number of carbonyl (C=O) groups excluding carboxylic acids is 1. The Morgan fingerprint density at radius 2 is 2.16 bits per heavy atom. The molecule has 1 atom stereocenters. The molecule has 2 heterocycles. The molecule has 0 spiro atoms. The molecule has 0 aromatic carbocycles. The molecule has 0 fully saturated rings. The molecule has 1 aliphatic heterocycles. The van der Waals surface area contributed by atoms with Crippen LogP contribution < -0.4 is 4.90 Å². The average molecular weight is 287 g/mol. The van der Waals surface area contributed by atoms with Crippen LogP contribution in [0.1, 0.15) is 26.5 Å². The number of amides is 1. The molecule has 0 saturated heterocycles. The van der Waals surface area contributed by atoms with Gasteiger partial charge in [0.2, 0.25) is 0 Å². The van der Waals surface area contributed by atoms with Gasteiger partial charge in [-0.25, -0.2) is 0 Å². The van der Waals surface area contributed by atoms with Crippen molar-refractivity contribution in [2.24, 2.45) is 0 Å². The van der Waals surface area contributed by atoms with Crippen LogP contribution in [0, 0.1) is 0 Å². The molecule has 1 unspecified atom stereocenters. The Hall–Kier alpha value is -1.53. The first-order chi connectivity index (χ1) is 8.77. The molecular weight excluding hydrogens is 272 g/mol. The molecule has 1 aliphatic rings. The van der Waals surface area contributed by atoms with Crippen LogP contribution >= 0.6 is 11.6 Å². The Kier molecular flexibility index (Phi) is 3.32. The topological polar surface area (TPSA) is 75.8 Å². The molecule has 19 heavy (non-hydrogen) atoms. The van der Waals surface area contributed by atoms with Crippen LogP contribution in [0.5, 0.6) is 0 Å². The Morgan fingerprint density at radius 3 is 2.58 bits per heavy atom. The van der Waals surface area contributed by atoms with Gasteiger partial charge in [-0.15, -0.1) is 0 Å². The van der Waals surface area contributed by atoms with Crippen molar-refractivity contribution < 1.29 is 19.2 Å². The summed E-state index contributed by atoms with van der Waals surface area (Å²) in [6, 6.07) is 1.60. The number of hydrogen-bond donors (Lipinski definition) is 1. The Bertz CT molecular complexity index is 544. The molecule has 0 saturated carbocycles. The van der Waals surface area contributed by atoms with E-state index in [-0.39, 0.29) is 22.0 Å². The van der Waals surface area contributed by atoms with E-state index >= 15 is 0 Å². The summed E-state index contributed by atoms with van der Waals surface area (Å²) in [5, 5.41) is 13.7. The second-order valence-corrected chi connectivity index (χ2v) is 5.61. The molecule has 1 amide bonds. The molecule has 7 heteroatoms. The van der Waals surface area contributed by atoms with Crippen LogP contribution in [-0.2, 0) is 14.9 Å². The molecule has 1 N–H and O–H groups in total. The summed E-state index contributed by atoms with van der Waals surface area (Å²) < 4.78 is 10.1. The molecular formula is C12H15ClN2O4. The lowest BCUT2D eigenvalue weighted by molar-refractivity contribution is -0.115. The number of carbonyl (C=O) groups is 1. The van der Waals surface area contributed by atoms with E-state index in [1.54, 1.807) is 6.07 Å². The van der Waals surface area contributed by atoms with Gasteiger partial charge in [-0.1, -0.05) is 37.5 Å². The average Bonchev–Trinajstić information content (AvgIpc) is 2.85. The van der Waals surface area contributed by atoms with E-state index in [1.165, 1.54) is 7.11 Å².